The lowest BCUT2D eigenvalue weighted by Crippen LogP contribution is -2.03. The summed E-state index contributed by atoms with van der Waals surface area (Å²) < 4.78 is 7.15. The molecule has 0 radical (unpaired) electrons. The van der Waals surface area contributed by atoms with Crippen molar-refractivity contribution in [2.45, 2.75) is 6.92 Å². The van der Waals surface area contributed by atoms with E-state index in [2.05, 4.69) is 0 Å². The fraction of sp³-hybridized carbons (Fsp3) is 0.118. The summed E-state index contributed by atoms with van der Waals surface area (Å²) in [6.07, 6.45) is 1.96. The smallest absolute Gasteiger partial charge is 0.340 e. The van der Waals surface area contributed by atoms with Crippen LogP contribution in [0.25, 0.3) is 16.8 Å². The van der Waals surface area contributed by atoms with Gasteiger partial charge in [-0.3, -0.25) is 0 Å². The minimum atomic E-state index is -0.279. The van der Waals surface area contributed by atoms with Crippen LogP contribution in [0, 0.1) is 0 Å². The van der Waals surface area contributed by atoms with Crippen LogP contribution in [0.2, 0.25) is 0 Å². The standard InChI is InChI=1S/C17H15NO2/c1-2-20-17(19)14-12-16(13-8-4-3-5-9-13)18-11-7-6-10-15(14)18/h3-12H,2H2,1H3. The number of pyridine rings is 1. The first kappa shape index (κ1) is 12.5. The lowest BCUT2D eigenvalue weighted by Gasteiger charge is -2.02. The molecular weight excluding hydrogens is 250 g/mol. The van der Waals surface area contributed by atoms with Crippen LogP contribution in [0.5, 0.6) is 0 Å². The summed E-state index contributed by atoms with van der Waals surface area (Å²) in [6, 6.07) is 17.7. The summed E-state index contributed by atoms with van der Waals surface area (Å²) in [5.41, 5.74) is 3.53. The average molecular weight is 265 g/mol. The van der Waals surface area contributed by atoms with Gasteiger partial charge in [-0.15, -0.1) is 0 Å². The Bertz CT molecular complexity index is 744. The van der Waals surface area contributed by atoms with Crippen molar-refractivity contribution in [3.63, 3.8) is 0 Å². The molecule has 0 amide bonds. The summed E-state index contributed by atoms with van der Waals surface area (Å²) in [5, 5.41) is 0. The van der Waals surface area contributed by atoms with Gasteiger partial charge in [-0.05, 0) is 30.7 Å². The number of esters is 1. The molecule has 0 spiro atoms. The molecule has 0 bridgehead atoms. The maximum Gasteiger partial charge on any atom is 0.340 e. The van der Waals surface area contributed by atoms with Crippen LogP contribution in [0.15, 0.2) is 60.8 Å². The van der Waals surface area contributed by atoms with E-state index >= 15 is 0 Å². The van der Waals surface area contributed by atoms with Gasteiger partial charge in [-0.1, -0.05) is 36.4 Å². The van der Waals surface area contributed by atoms with Crippen LogP contribution in [-0.4, -0.2) is 17.0 Å². The Kier molecular flexibility index (Phi) is 3.25. The highest BCUT2D eigenvalue weighted by Crippen LogP contribution is 2.26. The van der Waals surface area contributed by atoms with E-state index in [1.165, 1.54) is 0 Å². The summed E-state index contributed by atoms with van der Waals surface area (Å²) in [4.78, 5) is 12.1. The van der Waals surface area contributed by atoms with E-state index in [1.807, 2.05) is 72.1 Å². The fourth-order valence-corrected chi connectivity index (χ4v) is 2.36. The average Bonchev–Trinajstić information content (AvgIpc) is 2.88. The zero-order valence-electron chi connectivity index (χ0n) is 11.2. The van der Waals surface area contributed by atoms with Gasteiger partial charge in [-0.2, -0.15) is 0 Å². The Morgan fingerprint density at radius 2 is 1.85 bits per heavy atom. The number of fused-ring (bicyclic) bond motifs is 1. The second-order valence-electron chi connectivity index (χ2n) is 4.49. The van der Waals surface area contributed by atoms with Gasteiger partial charge in [0.15, 0.2) is 0 Å². The third-order valence-corrected chi connectivity index (χ3v) is 3.24. The molecule has 3 heteroatoms. The van der Waals surface area contributed by atoms with Crippen molar-refractivity contribution in [2.75, 3.05) is 6.61 Å². The second kappa shape index (κ2) is 5.21. The maximum atomic E-state index is 12.1. The van der Waals surface area contributed by atoms with Gasteiger partial charge < -0.3 is 9.14 Å². The predicted octanol–water partition coefficient (Wildman–Crippen LogP) is 3.78. The monoisotopic (exact) mass is 265 g/mol. The second-order valence-corrected chi connectivity index (χ2v) is 4.49. The molecule has 0 N–H and O–H groups in total. The highest BCUT2D eigenvalue weighted by Gasteiger charge is 2.16. The number of nitrogens with zero attached hydrogens (tertiary/aromatic N) is 1. The van der Waals surface area contributed by atoms with Gasteiger partial charge >= 0.3 is 5.97 Å². The first-order valence-corrected chi connectivity index (χ1v) is 6.64. The first-order valence-electron chi connectivity index (χ1n) is 6.64. The van der Waals surface area contributed by atoms with Crippen molar-refractivity contribution >= 4 is 11.5 Å². The summed E-state index contributed by atoms with van der Waals surface area (Å²) in [6.45, 7) is 2.19. The number of aromatic nitrogens is 1. The molecule has 3 nitrogen and oxygen atoms in total. The Morgan fingerprint density at radius 1 is 1.10 bits per heavy atom. The summed E-state index contributed by atoms with van der Waals surface area (Å²) in [7, 11) is 0. The number of carbonyl (C=O) groups excluding carboxylic acids is 1. The van der Waals surface area contributed by atoms with Crippen molar-refractivity contribution in [3.05, 3.63) is 66.4 Å². The number of hydrogen-bond donors (Lipinski definition) is 0. The van der Waals surface area contributed by atoms with Crippen molar-refractivity contribution in [1.82, 2.24) is 4.40 Å². The van der Waals surface area contributed by atoms with E-state index in [0.717, 1.165) is 16.8 Å². The molecule has 0 aliphatic carbocycles. The van der Waals surface area contributed by atoms with E-state index in [1.54, 1.807) is 0 Å². The first-order chi connectivity index (χ1) is 9.81. The molecular formula is C17H15NO2. The highest BCUT2D eigenvalue weighted by atomic mass is 16.5. The molecule has 0 unspecified atom stereocenters. The van der Waals surface area contributed by atoms with Crippen LogP contribution in [0.1, 0.15) is 17.3 Å². The van der Waals surface area contributed by atoms with Crippen molar-refractivity contribution in [1.29, 1.82) is 0 Å². The van der Waals surface area contributed by atoms with Crippen LogP contribution < -0.4 is 0 Å². The quantitative estimate of drug-likeness (QED) is 0.675. The Hall–Kier alpha value is -2.55. The Balaban J connectivity index is 2.22. The van der Waals surface area contributed by atoms with Gasteiger partial charge in [-0.25, -0.2) is 4.79 Å². The van der Waals surface area contributed by atoms with Gasteiger partial charge in [0.1, 0.15) is 0 Å². The molecule has 0 aliphatic rings. The van der Waals surface area contributed by atoms with E-state index in [-0.39, 0.29) is 5.97 Å². The van der Waals surface area contributed by atoms with Gasteiger partial charge in [0.2, 0.25) is 0 Å². The topological polar surface area (TPSA) is 30.7 Å². The maximum absolute atomic E-state index is 12.1. The number of ether oxygens (including phenoxy) is 1. The molecule has 2 heterocycles. The van der Waals surface area contributed by atoms with Crippen LogP contribution in [0.4, 0.5) is 0 Å². The largest absolute Gasteiger partial charge is 0.462 e. The Labute approximate surface area is 117 Å². The van der Waals surface area contributed by atoms with E-state index in [0.29, 0.717) is 12.2 Å². The van der Waals surface area contributed by atoms with Crippen LogP contribution in [0.3, 0.4) is 0 Å². The third-order valence-electron chi connectivity index (χ3n) is 3.24. The van der Waals surface area contributed by atoms with E-state index < -0.39 is 0 Å². The highest BCUT2D eigenvalue weighted by molar-refractivity contribution is 5.99. The normalized spacial score (nSPS) is 10.7. The molecule has 20 heavy (non-hydrogen) atoms. The molecule has 1 aromatic carbocycles. The molecule has 0 aliphatic heterocycles. The lowest BCUT2D eigenvalue weighted by atomic mass is 10.1. The summed E-state index contributed by atoms with van der Waals surface area (Å²) >= 11 is 0. The number of rotatable bonds is 3. The lowest BCUT2D eigenvalue weighted by molar-refractivity contribution is 0.0529. The van der Waals surface area contributed by atoms with Gasteiger partial charge in [0.05, 0.1) is 23.4 Å². The number of hydrogen-bond acceptors (Lipinski definition) is 2. The molecule has 0 atom stereocenters. The van der Waals surface area contributed by atoms with E-state index in [4.69, 9.17) is 4.74 Å². The molecule has 3 aromatic rings. The van der Waals surface area contributed by atoms with Crippen molar-refractivity contribution < 1.29 is 9.53 Å². The molecule has 0 fully saturated rings. The van der Waals surface area contributed by atoms with Crippen LogP contribution >= 0.6 is 0 Å². The van der Waals surface area contributed by atoms with Gasteiger partial charge in [0, 0.05) is 6.20 Å². The zero-order chi connectivity index (χ0) is 13.9. The van der Waals surface area contributed by atoms with Crippen LogP contribution in [-0.2, 0) is 4.74 Å². The SMILES string of the molecule is CCOC(=O)c1cc(-c2ccccc2)n2ccccc12. The van der Waals surface area contributed by atoms with Gasteiger partial charge in [0.25, 0.3) is 0 Å². The number of carbonyl (C=O) groups is 1. The fourth-order valence-electron chi connectivity index (χ4n) is 2.36. The van der Waals surface area contributed by atoms with E-state index in [9.17, 15) is 4.79 Å². The molecule has 0 saturated carbocycles. The third kappa shape index (κ3) is 2.07. The molecule has 2 aromatic heterocycles. The predicted molar refractivity (Wildman–Crippen MR) is 78.8 cm³/mol. The van der Waals surface area contributed by atoms with Crippen molar-refractivity contribution in [2.24, 2.45) is 0 Å². The zero-order valence-corrected chi connectivity index (χ0v) is 11.2. The molecule has 0 saturated heterocycles. The molecule has 3 rings (SSSR count). The summed E-state index contributed by atoms with van der Waals surface area (Å²) in [5.74, 6) is -0.279. The number of benzene rings is 1. The van der Waals surface area contributed by atoms with Crippen molar-refractivity contribution in [3.8, 4) is 11.3 Å². The minimum Gasteiger partial charge on any atom is -0.462 e. The molecule has 100 valence electrons. The minimum absolute atomic E-state index is 0.279. The Morgan fingerprint density at radius 3 is 2.60 bits per heavy atom.